The van der Waals surface area contributed by atoms with Crippen molar-refractivity contribution in [1.29, 1.82) is 0 Å². The van der Waals surface area contributed by atoms with Gasteiger partial charge in [0.1, 0.15) is 18.1 Å². The van der Waals surface area contributed by atoms with Crippen molar-refractivity contribution in [3.05, 3.63) is 65.7 Å². The number of ether oxygens (including phenoxy) is 2. The van der Waals surface area contributed by atoms with E-state index in [4.69, 9.17) is 14.6 Å². The van der Waals surface area contributed by atoms with Crippen LogP contribution >= 0.6 is 11.8 Å². The van der Waals surface area contributed by atoms with Crippen molar-refractivity contribution in [2.45, 2.75) is 18.0 Å². The van der Waals surface area contributed by atoms with E-state index in [1.165, 1.54) is 23.9 Å². The van der Waals surface area contributed by atoms with E-state index in [9.17, 15) is 18.0 Å². The number of carbonyl (C=O) groups is 1. The Morgan fingerprint density at radius 3 is 2.36 bits per heavy atom. The summed E-state index contributed by atoms with van der Waals surface area (Å²) >= 11 is 1.52. The van der Waals surface area contributed by atoms with Gasteiger partial charge in [-0.05, 0) is 60.5 Å². The van der Waals surface area contributed by atoms with Gasteiger partial charge in [0, 0.05) is 10.6 Å². The third-order valence-electron chi connectivity index (χ3n) is 3.57. The lowest BCUT2D eigenvalue weighted by atomic mass is 10.2. The molecule has 0 radical (unpaired) electrons. The highest BCUT2D eigenvalue weighted by molar-refractivity contribution is 7.99. The lowest BCUT2D eigenvalue weighted by molar-refractivity contribution is -0.139. The highest BCUT2D eigenvalue weighted by atomic mass is 32.2. The van der Waals surface area contributed by atoms with Crippen LogP contribution < -0.4 is 9.47 Å². The molecule has 0 atom stereocenters. The molecule has 0 spiro atoms. The summed E-state index contributed by atoms with van der Waals surface area (Å²) in [4.78, 5) is 11.5. The SMILES string of the molecule is C=C(COc1ccc(C(F)(F)F)cc1)CSc1ccc(OCC(=O)O)c(C)c1. The summed E-state index contributed by atoms with van der Waals surface area (Å²) in [5.74, 6) is 0.378. The van der Waals surface area contributed by atoms with E-state index in [0.29, 0.717) is 17.3 Å². The first-order valence-electron chi connectivity index (χ1n) is 8.20. The normalized spacial score (nSPS) is 11.1. The minimum Gasteiger partial charge on any atom is -0.489 e. The van der Waals surface area contributed by atoms with Crippen molar-refractivity contribution in [2.75, 3.05) is 19.0 Å². The van der Waals surface area contributed by atoms with Crippen molar-refractivity contribution in [1.82, 2.24) is 0 Å². The second-order valence-corrected chi connectivity index (χ2v) is 7.01. The van der Waals surface area contributed by atoms with Crippen LogP contribution in [0.25, 0.3) is 0 Å². The largest absolute Gasteiger partial charge is 0.489 e. The van der Waals surface area contributed by atoms with Crippen LogP contribution in [0.2, 0.25) is 0 Å². The summed E-state index contributed by atoms with van der Waals surface area (Å²) < 4.78 is 48.3. The summed E-state index contributed by atoms with van der Waals surface area (Å²) in [7, 11) is 0. The zero-order valence-electron chi connectivity index (χ0n) is 15.1. The fraction of sp³-hybridized carbons (Fsp3) is 0.250. The fourth-order valence-electron chi connectivity index (χ4n) is 2.17. The van der Waals surface area contributed by atoms with Gasteiger partial charge in [-0.2, -0.15) is 13.2 Å². The van der Waals surface area contributed by atoms with Crippen LogP contribution in [-0.4, -0.2) is 30.0 Å². The Balaban J connectivity index is 1.80. The molecular formula is C20H19F3O4S. The molecule has 0 saturated heterocycles. The second kappa shape index (κ2) is 9.54. The molecule has 0 unspecified atom stereocenters. The Hall–Kier alpha value is -2.61. The lowest BCUT2D eigenvalue weighted by Crippen LogP contribution is -2.10. The number of aryl methyl sites for hydroxylation is 1. The fourth-order valence-corrected chi connectivity index (χ4v) is 3.04. The van der Waals surface area contributed by atoms with E-state index in [2.05, 4.69) is 6.58 Å². The van der Waals surface area contributed by atoms with Gasteiger partial charge in [0.05, 0.1) is 5.56 Å². The summed E-state index contributed by atoms with van der Waals surface area (Å²) in [5, 5.41) is 8.65. The number of carboxylic acid groups (broad SMARTS) is 1. The molecule has 8 heteroatoms. The molecule has 2 aromatic carbocycles. The van der Waals surface area contributed by atoms with E-state index in [1.54, 1.807) is 6.07 Å². The Bertz CT molecular complexity index is 832. The number of benzene rings is 2. The van der Waals surface area contributed by atoms with E-state index < -0.39 is 24.3 Å². The molecule has 0 aliphatic heterocycles. The smallest absolute Gasteiger partial charge is 0.416 e. The molecule has 0 heterocycles. The maximum absolute atomic E-state index is 12.5. The number of thioether (sulfide) groups is 1. The predicted octanol–water partition coefficient (Wildman–Crippen LogP) is 5.20. The summed E-state index contributed by atoms with van der Waals surface area (Å²) in [6.45, 7) is 5.53. The molecule has 0 saturated carbocycles. The van der Waals surface area contributed by atoms with E-state index in [0.717, 1.165) is 28.2 Å². The van der Waals surface area contributed by atoms with Crippen LogP contribution in [0.15, 0.2) is 59.5 Å². The van der Waals surface area contributed by atoms with Crippen LogP contribution in [0.4, 0.5) is 13.2 Å². The molecule has 150 valence electrons. The Labute approximate surface area is 165 Å². The van der Waals surface area contributed by atoms with Crippen LogP contribution in [0.3, 0.4) is 0 Å². The van der Waals surface area contributed by atoms with Gasteiger partial charge in [-0.25, -0.2) is 4.79 Å². The zero-order valence-corrected chi connectivity index (χ0v) is 15.9. The zero-order chi connectivity index (χ0) is 20.7. The monoisotopic (exact) mass is 412 g/mol. The van der Waals surface area contributed by atoms with Crippen molar-refractivity contribution in [3.8, 4) is 11.5 Å². The molecule has 0 amide bonds. The van der Waals surface area contributed by atoms with Gasteiger partial charge in [-0.15, -0.1) is 11.8 Å². The number of halogens is 3. The van der Waals surface area contributed by atoms with Crippen molar-refractivity contribution >= 4 is 17.7 Å². The van der Waals surface area contributed by atoms with Gasteiger partial charge in [0.2, 0.25) is 0 Å². The predicted molar refractivity (Wildman–Crippen MR) is 101 cm³/mol. The number of alkyl halides is 3. The average Bonchev–Trinajstić information content (AvgIpc) is 2.63. The molecular weight excluding hydrogens is 393 g/mol. The minimum absolute atomic E-state index is 0.192. The number of aliphatic carboxylic acids is 1. The number of carboxylic acids is 1. The molecule has 2 aromatic rings. The van der Waals surface area contributed by atoms with Crippen molar-refractivity contribution in [3.63, 3.8) is 0 Å². The van der Waals surface area contributed by atoms with E-state index in [1.807, 2.05) is 19.1 Å². The average molecular weight is 412 g/mol. The Kier molecular flexibility index (Phi) is 7.39. The topological polar surface area (TPSA) is 55.8 Å². The third-order valence-corrected chi connectivity index (χ3v) is 4.70. The quantitative estimate of drug-likeness (QED) is 0.453. The van der Waals surface area contributed by atoms with Crippen LogP contribution in [0.5, 0.6) is 11.5 Å². The maximum Gasteiger partial charge on any atom is 0.416 e. The van der Waals surface area contributed by atoms with Gasteiger partial charge < -0.3 is 14.6 Å². The molecule has 2 rings (SSSR count). The summed E-state index contributed by atoms with van der Waals surface area (Å²) in [5.41, 5.74) is 0.868. The summed E-state index contributed by atoms with van der Waals surface area (Å²) in [6.07, 6.45) is -4.37. The highest BCUT2D eigenvalue weighted by Crippen LogP contribution is 2.30. The standard InChI is InChI=1S/C20H19F3O4S/c1-13(10-26-16-5-3-15(4-6-16)20(21,22)23)12-28-17-7-8-18(14(2)9-17)27-11-19(24)25/h3-9H,1,10-12H2,2H3,(H,24,25). The maximum atomic E-state index is 12.5. The minimum atomic E-state index is -4.37. The van der Waals surface area contributed by atoms with Crippen LogP contribution in [-0.2, 0) is 11.0 Å². The molecule has 1 N–H and O–H groups in total. The highest BCUT2D eigenvalue weighted by Gasteiger charge is 2.30. The molecule has 0 fully saturated rings. The molecule has 4 nitrogen and oxygen atoms in total. The molecule has 0 bridgehead atoms. The lowest BCUT2D eigenvalue weighted by Gasteiger charge is -2.11. The van der Waals surface area contributed by atoms with E-state index >= 15 is 0 Å². The third kappa shape index (κ3) is 6.84. The number of hydrogen-bond acceptors (Lipinski definition) is 4. The number of rotatable bonds is 9. The number of hydrogen-bond donors (Lipinski definition) is 1. The molecule has 0 aliphatic rings. The van der Waals surface area contributed by atoms with Crippen LogP contribution in [0, 0.1) is 6.92 Å². The van der Waals surface area contributed by atoms with Gasteiger partial charge in [-0.1, -0.05) is 6.58 Å². The first-order valence-corrected chi connectivity index (χ1v) is 9.18. The van der Waals surface area contributed by atoms with Gasteiger partial charge in [0.15, 0.2) is 6.61 Å². The van der Waals surface area contributed by atoms with Crippen molar-refractivity contribution < 1.29 is 32.5 Å². The van der Waals surface area contributed by atoms with Crippen LogP contribution in [0.1, 0.15) is 11.1 Å². The van der Waals surface area contributed by atoms with Gasteiger partial charge in [0.25, 0.3) is 0 Å². The van der Waals surface area contributed by atoms with E-state index in [-0.39, 0.29) is 6.61 Å². The molecule has 28 heavy (non-hydrogen) atoms. The molecule has 0 aromatic heterocycles. The van der Waals surface area contributed by atoms with Gasteiger partial charge in [-0.3, -0.25) is 0 Å². The molecule has 0 aliphatic carbocycles. The Morgan fingerprint density at radius 1 is 1.11 bits per heavy atom. The van der Waals surface area contributed by atoms with Gasteiger partial charge >= 0.3 is 12.1 Å². The first kappa shape index (κ1) is 21.7. The second-order valence-electron chi connectivity index (χ2n) is 5.96. The van der Waals surface area contributed by atoms with Crippen molar-refractivity contribution in [2.24, 2.45) is 0 Å². The summed E-state index contributed by atoms with van der Waals surface area (Å²) in [6, 6.07) is 9.92. The Morgan fingerprint density at radius 2 is 1.79 bits per heavy atom. The first-order chi connectivity index (χ1) is 13.1.